The summed E-state index contributed by atoms with van der Waals surface area (Å²) in [5.41, 5.74) is 2.82. The van der Waals surface area contributed by atoms with Crippen molar-refractivity contribution >= 4 is 51.1 Å². The van der Waals surface area contributed by atoms with Gasteiger partial charge in [-0.15, -0.1) is 0 Å². The van der Waals surface area contributed by atoms with Crippen LogP contribution in [-0.4, -0.2) is 22.0 Å². The summed E-state index contributed by atoms with van der Waals surface area (Å²) >= 11 is 6.82. The lowest BCUT2D eigenvalue weighted by Gasteiger charge is -2.20. The van der Waals surface area contributed by atoms with E-state index in [9.17, 15) is 4.79 Å². The van der Waals surface area contributed by atoms with Crippen LogP contribution in [0.2, 0.25) is 0 Å². The molecule has 1 aliphatic rings. The average Bonchev–Trinajstić information content (AvgIpc) is 3.13. The molecule has 3 aromatic rings. The Labute approximate surface area is 167 Å². The summed E-state index contributed by atoms with van der Waals surface area (Å²) < 4.78 is 7.93. The SMILES string of the molecule is COc1ccc2ccccc2c1/C=C1/SC(=S)N(n2c(C)ccc2C)C1=O. The van der Waals surface area contributed by atoms with Crippen molar-refractivity contribution in [1.82, 2.24) is 4.68 Å². The number of amides is 1. The van der Waals surface area contributed by atoms with E-state index < -0.39 is 0 Å². The van der Waals surface area contributed by atoms with Crippen LogP contribution < -0.4 is 9.75 Å². The number of fused-ring (bicyclic) bond motifs is 1. The molecule has 0 N–H and O–H groups in total. The number of rotatable bonds is 3. The molecule has 0 radical (unpaired) electrons. The van der Waals surface area contributed by atoms with Gasteiger partial charge in [0.2, 0.25) is 0 Å². The van der Waals surface area contributed by atoms with Crippen molar-refractivity contribution in [2.45, 2.75) is 13.8 Å². The summed E-state index contributed by atoms with van der Waals surface area (Å²) in [6, 6.07) is 16.0. The van der Waals surface area contributed by atoms with E-state index in [1.54, 1.807) is 12.1 Å². The third-order valence-electron chi connectivity index (χ3n) is 4.63. The zero-order valence-corrected chi connectivity index (χ0v) is 16.9. The monoisotopic (exact) mass is 394 g/mol. The fraction of sp³-hybridized carbons (Fsp3) is 0.143. The molecule has 1 amide bonds. The fourth-order valence-corrected chi connectivity index (χ4v) is 4.57. The lowest BCUT2D eigenvalue weighted by atomic mass is 10.0. The Morgan fingerprint density at radius 1 is 1.04 bits per heavy atom. The number of carbonyl (C=O) groups excluding carboxylic acids is 1. The summed E-state index contributed by atoms with van der Waals surface area (Å²) in [7, 11) is 1.64. The van der Waals surface area contributed by atoms with Crippen LogP contribution in [0.25, 0.3) is 16.8 Å². The Morgan fingerprint density at radius 3 is 2.44 bits per heavy atom. The summed E-state index contributed by atoms with van der Waals surface area (Å²) in [4.78, 5) is 13.7. The molecule has 1 fully saturated rings. The second-order valence-corrected chi connectivity index (χ2v) is 8.00. The van der Waals surface area contributed by atoms with E-state index >= 15 is 0 Å². The lowest BCUT2D eigenvalue weighted by Crippen LogP contribution is -2.39. The van der Waals surface area contributed by atoms with Gasteiger partial charge in [-0.3, -0.25) is 9.47 Å². The zero-order chi connectivity index (χ0) is 19.1. The molecule has 6 heteroatoms. The van der Waals surface area contributed by atoms with Crippen LogP contribution in [0, 0.1) is 13.8 Å². The van der Waals surface area contributed by atoms with Gasteiger partial charge in [0.25, 0.3) is 5.91 Å². The predicted octanol–water partition coefficient (Wildman–Crippen LogP) is 4.80. The molecule has 4 rings (SSSR count). The number of thiocarbonyl (C=S) groups is 1. The van der Waals surface area contributed by atoms with Gasteiger partial charge in [-0.2, -0.15) is 5.01 Å². The van der Waals surface area contributed by atoms with Crippen molar-refractivity contribution in [2.75, 3.05) is 12.1 Å². The number of aromatic nitrogens is 1. The van der Waals surface area contributed by atoms with Crippen LogP contribution in [0.5, 0.6) is 5.75 Å². The van der Waals surface area contributed by atoms with E-state index in [1.807, 2.05) is 73.1 Å². The van der Waals surface area contributed by atoms with Crippen LogP contribution in [0.15, 0.2) is 53.4 Å². The first kappa shape index (κ1) is 17.8. The van der Waals surface area contributed by atoms with Gasteiger partial charge in [0.05, 0.1) is 12.0 Å². The molecule has 0 spiro atoms. The number of ether oxygens (including phenoxy) is 1. The quantitative estimate of drug-likeness (QED) is 0.472. The molecule has 0 saturated carbocycles. The number of benzene rings is 2. The number of aryl methyl sites for hydroxylation is 2. The molecule has 1 aliphatic heterocycles. The highest BCUT2D eigenvalue weighted by Crippen LogP contribution is 2.36. The minimum atomic E-state index is -0.123. The van der Waals surface area contributed by atoms with E-state index in [0.717, 1.165) is 33.5 Å². The van der Waals surface area contributed by atoms with Gasteiger partial charge in [0, 0.05) is 17.0 Å². The Hall–Kier alpha value is -2.57. The Bertz CT molecular complexity index is 1100. The van der Waals surface area contributed by atoms with Gasteiger partial charge >= 0.3 is 0 Å². The third-order valence-corrected chi connectivity index (χ3v) is 5.92. The van der Waals surface area contributed by atoms with Gasteiger partial charge in [0.15, 0.2) is 4.32 Å². The Balaban J connectivity index is 1.84. The van der Waals surface area contributed by atoms with Gasteiger partial charge in [-0.1, -0.05) is 42.1 Å². The highest BCUT2D eigenvalue weighted by molar-refractivity contribution is 8.27. The molecule has 1 aromatic heterocycles. The Morgan fingerprint density at radius 2 is 1.74 bits per heavy atom. The van der Waals surface area contributed by atoms with Gasteiger partial charge in [-0.05, 0) is 61.1 Å². The van der Waals surface area contributed by atoms with E-state index in [4.69, 9.17) is 17.0 Å². The maximum atomic E-state index is 13.1. The fourth-order valence-electron chi connectivity index (χ4n) is 3.34. The normalized spacial score (nSPS) is 16.0. The molecule has 0 atom stereocenters. The highest BCUT2D eigenvalue weighted by atomic mass is 32.2. The molecule has 0 aliphatic carbocycles. The van der Waals surface area contributed by atoms with Crippen LogP contribution in [0.3, 0.4) is 0 Å². The van der Waals surface area contributed by atoms with Crippen LogP contribution in [0.4, 0.5) is 0 Å². The summed E-state index contributed by atoms with van der Waals surface area (Å²) in [5, 5.41) is 3.70. The molecule has 136 valence electrons. The first-order valence-corrected chi connectivity index (χ1v) is 9.72. The molecular formula is C21H18N2O2S2. The van der Waals surface area contributed by atoms with Crippen molar-refractivity contribution in [1.29, 1.82) is 0 Å². The first-order valence-electron chi connectivity index (χ1n) is 8.50. The summed E-state index contributed by atoms with van der Waals surface area (Å²) in [6.45, 7) is 3.92. The second kappa shape index (κ2) is 6.87. The van der Waals surface area contributed by atoms with Crippen molar-refractivity contribution < 1.29 is 9.53 Å². The van der Waals surface area contributed by atoms with Gasteiger partial charge < -0.3 is 4.74 Å². The topological polar surface area (TPSA) is 34.5 Å². The average molecular weight is 395 g/mol. The van der Waals surface area contributed by atoms with Crippen molar-refractivity contribution in [3.8, 4) is 5.75 Å². The molecule has 1 saturated heterocycles. The number of nitrogens with zero attached hydrogens (tertiary/aromatic N) is 2. The van der Waals surface area contributed by atoms with Crippen molar-refractivity contribution in [2.24, 2.45) is 0 Å². The molecule has 2 aromatic carbocycles. The van der Waals surface area contributed by atoms with Crippen LogP contribution in [-0.2, 0) is 4.79 Å². The number of hydrogen-bond acceptors (Lipinski definition) is 4. The maximum absolute atomic E-state index is 13.1. The van der Waals surface area contributed by atoms with Crippen LogP contribution >= 0.6 is 24.0 Å². The van der Waals surface area contributed by atoms with Gasteiger partial charge in [-0.25, -0.2) is 0 Å². The smallest absolute Gasteiger partial charge is 0.285 e. The largest absolute Gasteiger partial charge is 0.496 e. The minimum absolute atomic E-state index is 0.123. The van der Waals surface area contributed by atoms with E-state index in [0.29, 0.717) is 9.23 Å². The molecule has 27 heavy (non-hydrogen) atoms. The van der Waals surface area contributed by atoms with E-state index in [2.05, 4.69) is 0 Å². The number of methoxy groups -OCH3 is 1. The number of thioether (sulfide) groups is 1. The minimum Gasteiger partial charge on any atom is -0.496 e. The standard InChI is InChI=1S/C21H18N2O2S2/c1-13-8-9-14(2)22(13)23-20(24)19(27-21(23)26)12-17-16-7-5-4-6-15(16)10-11-18(17)25-3/h4-12H,1-3H3/b19-12+. The summed E-state index contributed by atoms with van der Waals surface area (Å²) in [6.07, 6.45) is 1.88. The van der Waals surface area contributed by atoms with Crippen molar-refractivity contribution in [3.05, 3.63) is 70.4 Å². The highest BCUT2D eigenvalue weighted by Gasteiger charge is 2.35. The van der Waals surface area contributed by atoms with E-state index in [-0.39, 0.29) is 5.91 Å². The van der Waals surface area contributed by atoms with Crippen molar-refractivity contribution in [3.63, 3.8) is 0 Å². The van der Waals surface area contributed by atoms with Gasteiger partial charge in [0.1, 0.15) is 5.75 Å². The van der Waals surface area contributed by atoms with Crippen LogP contribution in [0.1, 0.15) is 17.0 Å². The second-order valence-electron chi connectivity index (χ2n) is 6.32. The number of hydrogen-bond donors (Lipinski definition) is 0. The lowest BCUT2D eigenvalue weighted by molar-refractivity contribution is -0.114. The number of carbonyl (C=O) groups is 1. The predicted molar refractivity (Wildman–Crippen MR) is 116 cm³/mol. The Kier molecular flexibility index (Phi) is 4.53. The first-order chi connectivity index (χ1) is 13.0. The third kappa shape index (κ3) is 2.95. The zero-order valence-electron chi connectivity index (χ0n) is 15.2. The molecule has 2 heterocycles. The molecule has 4 nitrogen and oxygen atoms in total. The van der Waals surface area contributed by atoms with E-state index in [1.165, 1.54) is 11.8 Å². The molecular weight excluding hydrogens is 376 g/mol. The summed E-state index contributed by atoms with van der Waals surface area (Å²) in [5.74, 6) is 0.606. The molecule has 0 unspecified atom stereocenters. The maximum Gasteiger partial charge on any atom is 0.285 e. The molecule has 0 bridgehead atoms.